The molecule has 1 N–H and O–H groups in total. The number of carbonyl (C=O) groups excluding carboxylic acids is 1. The van der Waals surface area contributed by atoms with Crippen molar-refractivity contribution in [3.63, 3.8) is 0 Å². The monoisotopic (exact) mass is 345 g/mol. The Labute approximate surface area is 146 Å². The van der Waals surface area contributed by atoms with Crippen LogP contribution in [0.4, 0.5) is 0 Å². The van der Waals surface area contributed by atoms with Crippen molar-refractivity contribution < 1.29 is 19.0 Å². The van der Waals surface area contributed by atoms with Gasteiger partial charge in [0.1, 0.15) is 6.61 Å². The maximum Gasteiger partial charge on any atom is 0.272 e. The third-order valence-corrected chi connectivity index (χ3v) is 4.12. The van der Waals surface area contributed by atoms with Gasteiger partial charge in [-0.1, -0.05) is 12.1 Å². The van der Waals surface area contributed by atoms with Crippen molar-refractivity contribution >= 4 is 5.91 Å². The summed E-state index contributed by atoms with van der Waals surface area (Å²) in [5.41, 5.74) is 2.45. The maximum atomic E-state index is 12.5. The Morgan fingerprint density at radius 3 is 2.92 bits per heavy atom. The van der Waals surface area contributed by atoms with Crippen molar-refractivity contribution in [3.8, 4) is 11.5 Å². The van der Waals surface area contributed by atoms with Crippen molar-refractivity contribution in [1.82, 2.24) is 15.1 Å². The molecule has 25 heavy (non-hydrogen) atoms. The van der Waals surface area contributed by atoms with E-state index < -0.39 is 0 Å². The minimum Gasteiger partial charge on any atom is -0.493 e. The van der Waals surface area contributed by atoms with E-state index in [2.05, 4.69) is 10.4 Å². The first kappa shape index (κ1) is 17.3. The fourth-order valence-corrected chi connectivity index (χ4v) is 2.90. The van der Waals surface area contributed by atoms with Crippen LogP contribution in [0.2, 0.25) is 0 Å². The van der Waals surface area contributed by atoms with E-state index in [1.807, 2.05) is 35.9 Å². The van der Waals surface area contributed by atoms with E-state index >= 15 is 0 Å². The van der Waals surface area contributed by atoms with Crippen LogP contribution in [0.15, 0.2) is 24.3 Å². The molecule has 1 amide bonds. The molecule has 7 heteroatoms. The van der Waals surface area contributed by atoms with E-state index in [0.29, 0.717) is 43.6 Å². The minimum atomic E-state index is -0.197. The molecule has 0 saturated heterocycles. The molecule has 1 aliphatic heterocycles. The van der Waals surface area contributed by atoms with E-state index in [1.165, 1.54) is 0 Å². The van der Waals surface area contributed by atoms with Crippen LogP contribution < -0.4 is 14.8 Å². The molecule has 1 aliphatic rings. The van der Waals surface area contributed by atoms with Gasteiger partial charge in [-0.2, -0.15) is 5.10 Å². The van der Waals surface area contributed by atoms with Crippen LogP contribution in [0.5, 0.6) is 11.5 Å². The third kappa shape index (κ3) is 3.76. The van der Waals surface area contributed by atoms with Crippen molar-refractivity contribution in [2.75, 3.05) is 26.9 Å². The van der Waals surface area contributed by atoms with Gasteiger partial charge in [0, 0.05) is 24.2 Å². The lowest BCUT2D eigenvalue weighted by Gasteiger charge is -2.14. The molecule has 0 aliphatic carbocycles. The lowest BCUT2D eigenvalue weighted by atomic mass is 10.1. The number of rotatable bonds is 7. The molecule has 1 aromatic heterocycles. The van der Waals surface area contributed by atoms with Crippen LogP contribution in [-0.4, -0.2) is 42.6 Å². The molecular formula is C18H23N3O4. The standard InChI is InChI=1S/C18H23N3O4/c1-3-21-14-8-10-24-12-13(14)17(20-21)18(22)19-9-11-25-16-7-5-4-6-15(16)23-2/h4-7H,3,8-12H2,1-2H3,(H,19,22). The van der Waals surface area contributed by atoms with E-state index in [4.69, 9.17) is 14.2 Å². The number of nitrogens with one attached hydrogen (secondary N) is 1. The van der Waals surface area contributed by atoms with Gasteiger partial charge < -0.3 is 19.5 Å². The molecule has 2 aromatic rings. The number of nitrogens with zero attached hydrogens (tertiary/aromatic N) is 2. The zero-order valence-electron chi connectivity index (χ0n) is 14.6. The zero-order chi connectivity index (χ0) is 17.6. The van der Waals surface area contributed by atoms with Gasteiger partial charge in [-0.15, -0.1) is 0 Å². The predicted octanol–water partition coefficient (Wildman–Crippen LogP) is 1.79. The summed E-state index contributed by atoms with van der Waals surface area (Å²) in [5.74, 6) is 1.12. The summed E-state index contributed by atoms with van der Waals surface area (Å²) in [6.07, 6.45) is 0.792. The highest BCUT2D eigenvalue weighted by atomic mass is 16.5. The van der Waals surface area contributed by atoms with Crippen LogP contribution >= 0.6 is 0 Å². The topological polar surface area (TPSA) is 74.6 Å². The number of methoxy groups -OCH3 is 1. The number of aryl methyl sites for hydroxylation is 1. The van der Waals surface area contributed by atoms with Gasteiger partial charge in [0.2, 0.25) is 0 Å². The normalized spacial score (nSPS) is 13.2. The average molecular weight is 345 g/mol. The second-order valence-corrected chi connectivity index (χ2v) is 5.65. The van der Waals surface area contributed by atoms with Crippen molar-refractivity contribution in [3.05, 3.63) is 41.2 Å². The Hall–Kier alpha value is -2.54. The van der Waals surface area contributed by atoms with E-state index in [-0.39, 0.29) is 5.91 Å². The highest BCUT2D eigenvalue weighted by molar-refractivity contribution is 5.94. The Morgan fingerprint density at radius 1 is 1.36 bits per heavy atom. The second-order valence-electron chi connectivity index (χ2n) is 5.65. The highest BCUT2D eigenvalue weighted by Crippen LogP contribution is 2.25. The van der Waals surface area contributed by atoms with Gasteiger partial charge in [-0.25, -0.2) is 0 Å². The van der Waals surface area contributed by atoms with Crippen LogP contribution in [0.1, 0.15) is 28.7 Å². The number of ether oxygens (including phenoxy) is 3. The SMILES string of the molecule is CCn1nc(C(=O)NCCOc2ccccc2OC)c2c1CCOC2. The fraction of sp³-hybridized carbons (Fsp3) is 0.444. The zero-order valence-corrected chi connectivity index (χ0v) is 14.6. The van der Waals surface area contributed by atoms with Gasteiger partial charge in [-0.3, -0.25) is 9.48 Å². The summed E-state index contributed by atoms with van der Waals surface area (Å²) >= 11 is 0. The molecule has 3 rings (SSSR count). The van der Waals surface area contributed by atoms with Gasteiger partial charge in [-0.05, 0) is 19.1 Å². The number of para-hydroxylation sites is 2. The first-order valence-electron chi connectivity index (χ1n) is 8.45. The average Bonchev–Trinajstić information content (AvgIpc) is 3.04. The quantitative estimate of drug-likeness (QED) is 0.775. The minimum absolute atomic E-state index is 0.197. The number of carbonyl (C=O) groups is 1. The number of benzene rings is 1. The predicted molar refractivity (Wildman–Crippen MR) is 92.1 cm³/mol. The Morgan fingerprint density at radius 2 is 2.16 bits per heavy atom. The van der Waals surface area contributed by atoms with E-state index in [0.717, 1.165) is 24.2 Å². The molecule has 0 spiro atoms. The van der Waals surface area contributed by atoms with Gasteiger partial charge in [0.25, 0.3) is 5.91 Å². The second kappa shape index (κ2) is 8.02. The molecule has 0 unspecified atom stereocenters. The van der Waals surface area contributed by atoms with E-state index in [1.54, 1.807) is 7.11 Å². The first-order chi connectivity index (χ1) is 12.2. The van der Waals surface area contributed by atoms with Crippen LogP contribution in [-0.2, 0) is 24.3 Å². The van der Waals surface area contributed by atoms with Crippen LogP contribution in [0.3, 0.4) is 0 Å². The number of amides is 1. The van der Waals surface area contributed by atoms with Crippen LogP contribution in [0.25, 0.3) is 0 Å². The Kier molecular flexibility index (Phi) is 5.55. The molecule has 1 aromatic carbocycles. The lowest BCUT2D eigenvalue weighted by molar-refractivity contribution is 0.0919. The number of aromatic nitrogens is 2. The first-order valence-corrected chi connectivity index (χ1v) is 8.45. The van der Waals surface area contributed by atoms with Gasteiger partial charge in [0.05, 0.1) is 26.9 Å². The molecule has 0 fully saturated rings. The summed E-state index contributed by atoms with van der Waals surface area (Å²) in [6.45, 7) is 4.60. The van der Waals surface area contributed by atoms with Gasteiger partial charge >= 0.3 is 0 Å². The Balaban J connectivity index is 1.57. The smallest absolute Gasteiger partial charge is 0.272 e. The summed E-state index contributed by atoms with van der Waals surface area (Å²) in [5, 5.41) is 7.30. The molecule has 2 heterocycles. The summed E-state index contributed by atoms with van der Waals surface area (Å²) < 4.78 is 18.3. The molecular weight excluding hydrogens is 322 g/mol. The number of hydrogen-bond donors (Lipinski definition) is 1. The largest absolute Gasteiger partial charge is 0.493 e. The molecule has 134 valence electrons. The van der Waals surface area contributed by atoms with Crippen molar-refractivity contribution in [2.45, 2.75) is 26.5 Å². The molecule has 0 bridgehead atoms. The highest BCUT2D eigenvalue weighted by Gasteiger charge is 2.24. The number of hydrogen-bond acceptors (Lipinski definition) is 5. The van der Waals surface area contributed by atoms with Crippen molar-refractivity contribution in [2.24, 2.45) is 0 Å². The van der Waals surface area contributed by atoms with Crippen molar-refractivity contribution in [1.29, 1.82) is 0 Å². The summed E-state index contributed by atoms with van der Waals surface area (Å²) in [6, 6.07) is 7.41. The van der Waals surface area contributed by atoms with Crippen LogP contribution in [0, 0.1) is 0 Å². The lowest BCUT2D eigenvalue weighted by Crippen LogP contribution is -2.29. The molecule has 0 saturated carbocycles. The maximum absolute atomic E-state index is 12.5. The summed E-state index contributed by atoms with van der Waals surface area (Å²) in [7, 11) is 1.60. The van der Waals surface area contributed by atoms with Gasteiger partial charge in [0.15, 0.2) is 17.2 Å². The molecule has 0 radical (unpaired) electrons. The Bertz CT molecular complexity index is 742. The number of fused-ring (bicyclic) bond motifs is 1. The third-order valence-electron chi connectivity index (χ3n) is 4.12. The summed E-state index contributed by atoms with van der Waals surface area (Å²) in [4.78, 5) is 12.5. The molecule has 7 nitrogen and oxygen atoms in total. The fourth-order valence-electron chi connectivity index (χ4n) is 2.90. The molecule has 0 atom stereocenters. The van der Waals surface area contributed by atoms with E-state index in [9.17, 15) is 4.79 Å².